The van der Waals surface area contributed by atoms with Crippen LogP contribution < -0.4 is 47.1 Å². The molecule has 0 bridgehead atoms. The van der Waals surface area contributed by atoms with Crippen LogP contribution in [0.5, 0.6) is 0 Å². The maximum Gasteiger partial charge on any atom is 0.292 e. The molecule has 5 heteroatoms. The molecule has 1 aliphatic carbocycles. The van der Waals surface area contributed by atoms with E-state index in [1.807, 2.05) is 0 Å². The van der Waals surface area contributed by atoms with Crippen molar-refractivity contribution in [2.24, 2.45) is 0 Å². The van der Waals surface area contributed by atoms with Crippen LogP contribution in [0.4, 0.5) is 17.1 Å². The molecule has 0 saturated heterocycles. The standard InChI is InChI=1S/C49H45BN2OSi/c1-49(2)40-30-36(54(33-17-8-5-9-18-33,34-19-10-6-11-20-34)35-21-12-7-13-22-35)31-43-46(40)50(48-45(49)39-29-32(51(3)4)27-28-44(39)53-48)41-25-16-24-38-37-23-14-15-26-42(37)52(43)47(38)41/h5-13,16-22,24-25,27-31,37,42H,14-15,23,26H2,1-4H3. The van der Waals surface area contributed by atoms with Crippen LogP contribution in [-0.2, 0) is 5.41 Å². The topological polar surface area (TPSA) is 19.6 Å². The normalized spacial score (nSPS) is 18.9. The van der Waals surface area contributed by atoms with Crippen molar-refractivity contribution in [3.8, 4) is 0 Å². The average molecular weight is 717 g/mol. The lowest BCUT2D eigenvalue weighted by molar-refractivity contribution is 0.402. The van der Waals surface area contributed by atoms with E-state index in [2.05, 4.69) is 177 Å². The molecule has 6 aromatic carbocycles. The predicted molar refractivity (Wildman–Crippen MR) is 231 cm³/mol. The van der Waals surface area contributed by atoms with Crippen LogP contribution in [0.3, 0.4) is 0 Å². The van der Waals surface area contributed by atoms with Crippen LogP contribution >= 0.6 is 0 Å². The Balaban J connectivity index is 1.30. The van der Waals surface area contributed by atoms with E-state index >= 15 is 0 Å². The van der Waals surface area contributed by atoms with Crippen LogP contribution in [0, 0.1) is 0 Å². The van der Waals surface area contributed by atoms with Gasteiger partial charge in [0.2, 0.25) is 0 Å². The fourth-order valence-corrected chi connectivity index (χ4v) is 16.2. The third-order valence-electron chi connectivity index (χ3n) is 13.6. The van der Waals surface area contributed by atoms with Gasteiger partial charge in [0.15, 0.2) is 8.07 Å². The lowest BCUT2D eigenvalue weighted by atomic mass is 9.32. The number of hydrogen-bond acceptors (Lipinski definition) is 3. The summed E-state index contributed by atoms with van der Waals surface area (Å²) >= 11 is 0. The Bertz CT molecular complexity index is 2500. The van der Waals surface area contributed by atoms with Gasteiger partial charge in [-0.15, -0.1) is 0 Å². The van der Waals surface area contributed by atoms with Gasteiger partial charge in [-0.3, -0.25) is 0 Å². The highest BCUT2D eigenvalue weighted by Crippen LogP contribution is 2.53. The van der Waals surface area contributed by atoms with Crippen molar-refractivity contribution in [2.75, 3.05) is 23.9 Å². The Morgan fingerprint density at radius 1 is 0.704 bits per heavy atom. The number of anilines is 3. The molecule has 0 radical (unpaired) electrons. The number of para-hydroxylation sites is 1. The summed E-state index contributed by atoms with van der Waals surface area (Å²) in [6.07, 6.45) is 5.08. The van der Waals surface area contributed by atoms with Crippen molar-refractivity contribution in [1.82, 2.24) is 0 Å². The summed E-state index contributed by atoms with van der Waals surface area (Å²) in [5, 5.41) is 6.94. The molecule has 0 N–H and O–H groups in total. The fourth-order valence-electron chi connectivity index (χ4n) is 11.4. The number of benzene rings is 6. The van der Waals surface area contributed by atoms with Crippen LogP contribution in [0.1, 0.15) is 62.1 Å². The maximum absolute atomic E-state index is 7.16. The minimum Gasteiger partial charge on any atom is -0.470 e. The molecule has 1 saturated carbocycles. The van der Waals surface area contributed by atoms with Gasteiger partial charge in [0, 0.05) is 59.5 Å². The summed E-state index contributed by atoms with van der Waals surface area (Å²) in [6, 6.07) is 54.2. The number of furan rings is 1. The third-order valence-corrected chi connectivity index (χ3v) is 18.4. The van der Waals surface area contributed by atoms with Crippen molar-refractivity contribution in [2.45, 2.75) is 56.9 Å². The molecule has 3 nitrogen and oxygen atoms in total. The molecule has 7 aromatic rings. The lowest BCUT2D eigenvalue weighted by Gasteiger charge is -2.46. The monoisotopic (exact) mass is 716 g/mol. The first-order chi connectivity index (χ1) is 26.4. The van der Waals surface area contributed by atoms with E-state index < -0.39 is 8.07 Å². The summed E-state index contributed by atoms with van der Waals surface area (Å²) in [5.74, 6) is 0.554. The molecule has 11 rings (SSSR count). The van der Waals surface area contributed by atoms with E-state index in [-0.39, 0.29) is 12.1 Å². The third kappa shape index (κ3) is 4.19. The van der Waals surface area contributed by atoms with Gasteiger partial charge < -0.3 is 14.2 Å². The summed E-state index contributed by atoms with van der Waals surface area (Å²) in [5.41, 5.74) is 13.1. The quantitative estimate of drug-likeness (QED) is 0.150. The van der Waals surface area contributed by atoms with Crippen LogP contribution in [0.25, 0.3) is 11.0 Å². The lowest BCUT2D eigenvalue weighted by Crippen LogP contribution is -2.75. The molecule has 54 heavy (non-hydrogen) atoms. The van der Waals surface area contributed by atoms with E-state index in [1.54, 1.807) is 5.56 Å². The Morgan fingerprint density at radius 2 is 1.35 bits per heavy atom. The molecule has 4 aliphatic rings. The van der Waals surface area contributed by atoms with Gasteiger partial charge in [-0.25, -0.2) is 0 Å². The Morgan fingerprint density at radius 3 is 2.00 bits per heavy atom. The smallest absolute Gasteiger partial charge is 0.292 e. The molecule has 4 heterocycles. The highest BCUT2D eigenvalue weighted by Gasteiger charge is 2.55. The molecule has 2 unspecified atom stereocenters. The molecule has 1 fully saturated rings. The van der Waals surface area contributed by atoms with Gasteiger partial charge in [-0.05, 0) is 79.9 Å². The second kappa shape index (κ2) is 11.6. The van der Waals surface area contributed by atoms with E-state index in [0.717, 1.165) is 11.2 Å². The SMILES string of the molecule is CN(C)c1ccc2oc3c(c2c1)C(C)(C)c1cc([Si](c2ccccc2)(c2ccccc2)c2ccccc2)cc2c1B3c1cccc3c1N2C1CCCCC31. The van der Waals surface area contributed by atoms with Crippen LogP contribution in [-0.4, -0.2) is 34.9 Å². The van der Waals surface area contributed by atoms with E-state index in [1.165, 1.54) is 90.9 Å². The van der Waals surface area contributed by atoms with E-state index in [9.17, 15) is 0 Å². The second-order valence-corrected chi connectivity index (χ2v) is 20.7. The van der Waals surface area contributed by atoms with Gasteiger partial charge in [-0.2, -0.15) is 0 Å². The molecular weight excluding hydrogens is 671 g/mol. The Labute approximate surface area is 320 Å². The van der Waals surface area contributed by atoms with Gasteiger partial charge in [0.05, 0.1) is 5.66 Å². The summed E-state index contributed by atoms with van der Waals surface area (Å²) in [4.78, 5) is 5.06. The van der Waals surface area contributed by atoms with Gasteiger partial charge in [0.25, 0.3) is 6.71 Å². The van der Waals surface area contributed by atoms with Crippen molar-refractivity contribution < 1.29 is 4.42 Å². The highest BCUT2D eigenvalue weighted by molar-refractivity contribution is 7.20. The summed E-state index contributed by atoms with van der Waals surface area (Å²) in [7, 11) is 1.43. The van der Waals surface area contributed by atoms with Gasteiger partial charge in [0.1, 0.15) is 5.58 Å². The van der Waals surface area contributed by atoms with Gasteiger partial charge >= 0.3 is 0 Å². The number of hydrogen-bond donors (Lipinski definition) is 0. The fraction of sp³-hybridized carbons (Fsp3) is 0.224. The molecule has 1 aromatic heterocycles. The molecule has 2 atom stereocenters. The molecule has 0 spiro atoms. The van der Waals surface area contributed by atoms with Gasteiger partial charge in [-0.1, -0.05) is 142 Å². The minimum atomic E-state index is -2.84. The van der Waals surface area contributed by atoms with Crippen molar-refractivity contribution in [3.05, 3.63) is 156 Å². The highest BCUT2D eigenvalue weighted by atomic mass is 28.3. The molecule has 0 amide bonds. The molecule has 264 valence electrons. The van der Waals surface area contributed by atoms with Crippen molar-refractivity contribution in [1.29, 1.82) is 0 Å². The maximum atomic E-state index is 7.16. The van der Waals surface area contributed by atoms with E-state index in [0.29, 0.717) is 12.0 Å². The zero-order chi connectivity index (χ0) is 36.3. The largest absolute Gasteiger partial charge is 0.470 e. The zero-order valence-corrected chi connectivity index (χ0v) is 32.6. The first-order valence-electron chi connectivity index (χ1n) is 19.9. The van der Waals surface area contributed by atoms with Crippen LogP contribution in [0.15, 0.2) is 144 Å². The Kier molecular flexibility index (Phi) is 6.93. The minimum absolute atomic E-state index is 0.0369. The molecule has 3 aliphatic heterocycles. The summed E-state index contributed by atoms with van der Waals surface area (Å²) in [6.45, 7) is 4.97. The van der Waals surface area contributed by atoms with Crippen molar-refractivity contribution >= 4 is 80.2 Å². The van der Waals surface area contributed by atoms with E-state index in [4.69, 9.17) is 4.42 Å². The average Bonchev–Trinajstić information content (AvgIpc) is 3.77. The first-order valence-corrected chi connectivity index (χ1v) is 21.9. The first kappa shape index (κ1) is 32.2. The second-order valence-electron chi connectivity index (χ2n) is 16.9. The Hall–Kier alpha value is -5.26. The number of nitrogens with zero attached hydrogens (tertiary/aromatic N) is 2. The van der Waals surface area contributed by atoms with Crippen LogP contribution in [0.2, 0.25) is 0 Å². The zero-order valence-electron chi connectivity index (χ0n) is 31.6. The van der Waals surface area contributed by atoms with Crippen molar-refractivity contribution in [3.63, 3.8) is 0 Å². The summed E-state index contributed by atoms with van der Waals surface area (Å²) < 4.78 is 7.16. The predicted octanol–water partition coefficient (Wildman–Crippen LogP) is 6.52. The number of rotatable bonds is 5. The molecular formula is C49H45BN2OSi. The number of fused-ring (bicyclic) bond motifs is 9.